The zero-order valence-electron chi connectivity index (χ0n) is 19.1. The molecule has 0 saturated carbocycles. The molecule has 2 heterocycles. The lowest BCUT2D eigenvalue weighted by Gasteiger charge is -2.27. The summed E-state index contributed by atoms with van der Waals surface area (Å²) in [7, 11) is 0. The Kier molecular flexibility index (Phi) is 5.88. The summed E-state index contributed by atoms with van der Waals surface area (Å²) in [5.41, 5.74) is 1.97. The van der Waals surface area contributed by atoms with Gasteiger partial charge in [0.1, 0.15) is 35.3 Å². The summed E-state index contributed by atoms with van der Waals surface area (Å²) in [6, 6.07) is 35.3. The Bertz CT molecular complexity index is 1310. The average Bonchev–Trinajstić information content (AvgIpc) is 3.44. The molecule has 0 radical (unpaired) electrons. The van der Waals surface area contributed by atoms with Crippen molar-refractivity contribution in [3.05, 3.63) is 120 Å². The molecule has 2 N–H and O–H groups in total. The molecule has 2 atom stereocenters. The average molecular weight is 511 g/mol. The van der Waals surface area contributed by atoms with E-state index in [9.17, 15) is 0 Å². The molecule has 0 aliphatic carbocycles. The maximum Gasteiger partial charge on any atom is 0.192 e. The highest BCUT2D eigenvalue weighted by Gasteiger charge is 2.47. The lowest BCUT2D eigenvalue weighted by Crippen LogP contribution is -2.36. The van der Waals surface area contributed by atoms with Gasteiger partial charge in [-0.15, -0.1) is 0 Å². The van der Waals surface area contributed by atoms with Crippen LogP contribution >= 0.6 is 24.4 Å². The number of nitrogens with zero attached hydrogens (tertiary/aromatic N) is 2. The van der Waals surface area contributed by atoms with Crippen molar-refractivity contribution < 1.29 is 9.47 Å². The van der Waals surface area contributed by atoms with Crippen molar-refractivity contribution in [1.82, 2.24) is 20.7 Å². The molecular formula is C28H22N4O2S2. The van der Waals surface area contributed by atoms with Crippen molar-refractivity contribution in [3.63, 3.8) is 0 Å². The third-order valence-electron chi connectivity index (χ3n) is 5.96. The van der Waals surface area contributed by atoms with Gasteiger partial charge < -0.3 is 20.1 Å². The summed E-state index contributed by atoms with van der Waals surface area (Å²) >= 11 is 11.5. The van der Waals surface area contributed by atoms with E-state index in [2.05, 4.69) is 10.6 Å². The van der Waals surface area contributed by atoms with Gasteiger partial charge in [-0.2, -0.15) is 0 Å². The van der Waals surface area contributed by atoms with Gasteiger partial charge in [0.05, 0.1) is 0 Å². The maximum atomic E-state index is 6.04. The number of hydrazine groups is 1. The van der Waals surface area contributed by atoms with Gasteiger partial charge in [-0.3, -0.25) is 0 Å². The van der Waals surface area contributed by atoms with E-state index in [1.807, 2.05) is 119 Å². The standard InChI is InChI=1S/C28H22N4O2S2/c35-27-29-25(19-9-7-15-23(17-19)33-21-11-3-1-4-12-21)31-28(36)30-26(32(27)31)20-10-8-16-24(18-20)34-22-13-5-2-6-14-22/h1-18,25-26H,(H,29,35)(H,30,36)/t25-,26+. The van der Waals surface area contributed by atoms with E-state index in [1.165, 1.54) is 0 Å². The molecular weight excluding hydrogens is 488 g/mol. The number of ether oxygens (including phenoxy) is 2. The predicted molar refractivity (Wildman–Crippen MR) is 147 cm³/mol. The van der Waals surface area contributed by atoms with Gasteiger partial charge in [0.2, 0.25) is 0 Å². The summed E-state index contributed by atoms with van der Waals surface area (Å²) in [6.45, 7) is 0. The third kappa shape index (κ3) is 4.32. The Hall–Kier alpha value is -4.14. The fourth-order valence-corrected chi connectivity index (χ4v) is 4.97. The highest BCUT2D eigenvalue weighted by atomic mass is 32.1. The van der Waals surface area contributed by atoms with Crippen molar-refractivity contribution in [2.24, 2.45) is 0 Å². The van der Waals surface area contributed by atoms with Crippen LogP contribution in [0.2, 0.25) is 0 Å². The minimum Gasteiger partial charge on any atom is -0.457 e. The van der Waals surface area contributed by atoms with Gasteiger partial charge in [-0.1, -0.05) is 60.7 Å². The monoisotopic (exact) mass is 510 g/mol. The summed E-state index contributed by atoms with van der Waals surface area (Å²) in [5, 5.41) is 12.0. The number of fused-ring (bicyclic) bond motifs is 1. The highest BCUT2D eigenvalue weighted by Crippen LogP contribution is 2.38. The third-order valence-corrected chi connectivity index (χ3v) is 6.57. The zero-order chi connectivity index (χ0) is 24.5. The van der Waals surface area contributed by atoms with Crippen molar-refractivity contribution in [3.8, 4) is 23.0 Å². The number of rotatable bonds is 6. The first kappa shape index (κ1) is 22.3. The molecule has 6 rings (SSSR count). The first-order valence-electron chi connectivity index (χ1n) is 11.5. The first-order valence-corrected chi connectivity index (χ1v) is 12.3. The molecule has 4 aromatic carbocycles. The smallest absolute Gasteiger partial charge is 0.192 e. The van der Waals surface area contributed by atoms with E-state index >= 15 is 0 Å². The predicted octanol–water partition coefficient (Wildman–Crippen LogP) is 6.26. The molecule has 0 amide bonds. The van der Waals surface area contributed by atoms with Gasteiger partial charge in [-0.25, -0.2) is 10.0 Å². The van der Waals surface area contributed by atoms with Gasteiger partial charge in [-0.05, 0) is 73.0 Å². The fourth-order valence-electron chi connectivity index (χ4n) is 4.36. The summed E-state index contributed by atoms with van der Waals surface area (Å²) in [5.74, 6) is 3.04. The zero-order valence-corrected chi connectivity index (χ0v) is 20.7. The van der Waals surface area contributed by atoms with Crippen LogP contribution in [0.1, 0.15) is 23.5 Å². The number of nitrogens with one attached hydrogen (secondary N) is 2. The van der Waals surface area contributed by atoms with Crippen molar-refractivity contribution in [2.75, 3.05) is 0 Å². The Labute approximate surface area is 220 Å². The quantitative estimate of drug-likeness (QED) is 0.295. The number of benzene rings is 4. The molecule has 2 saturated heterocycles. The van der Waals surface area contributed by atoms with E-state index in [0.717, 1.165) is 34.1 Å². The minimum atomic E-state index is -0.259. The van der Waals surface area contributed by atoms with Crippen LogP contribution in [0.15, 0.2) is 109 Å². The van der Waals surface area contributed by atoms with Crippen LogP contribution in [0.5, 0.6) is 23.0 Å². The van der Waals surface area contributed by atoms with E-state index in [4.69, 9.17) is 33.9 Å². The van der Waals surface area contributed by atoms with Crippen LogP contribution < -0.4 is 20.1 Å². The van der Waals surface area contributed by atoms with Gasteiger partial charge in [0.15, 0.2) is 10.2 Å². The second-order valence-corrected chi connectivity index (χ2v) is 9.14. The summed E-state index contributed by atoms with van der Waals surface area (Å²) in [4.78, 5) is 0. The van der Waals surface area contributed by atoms with Crippen molar-refractivity contribution in [2.45, 2.75) is 12.3 Å². The number of para-hydroxylation sites is 2. The van der Waals surface area contributed by atoms with Crippen LogP contribution in [-0.4, -0.2) is 20.2 Å². The Morgan fingerprint density at radius 1 is 0.500 bits per heavy atom. The van der Waals surface area contributed by atoms with Crippen LogP contribution in [0.3, 0.4) is 0 Å². The second-order valence-electron chi connectivity index (χ2n) is 8.37. The topological polar surface area (TPSA) is 49.0 Å². The minimum absolute atomic E-state index is 0.259. The van der Waals surface area contributed by atoms with Gasteiger partial charge in [0, 0.05) is 11.1 Å². The lowest BCUT2D eigenvalue weighted by atomic mass is 10.1. The molecule has 2 aliphatic heterocycles. The van der Waals surface area contributed by atoms with Crippen LogP contribution in [0.4, 0.5) is 0 Å². The van der Waals surface area contributed by atoms with E-state index in [0.29, 0.717) is 10.2 Å². The lowest BCUT2D eigenvalue weighted by molar-refractivity contribution is 0.114. The summed E-state index contributed by atoms with van der Waals surface area (Å²) in [6.07, 6.45) is -0.517. The molecule has 6 nitrogen and oxygen atoms in total. The van der Waals surface area contributed by atoms with Gasteiger partial charge >= 0.3 is 0 Å². The first-order chi connectivity index (χ1) is 17.7. The molecule has 0 spiro atoms. The van der Waals surface area contributed by atoms with Crippen LogP contribution in [-0.2, 0) is 0 Å². The largest absolute Gasteiger partial charge is 0.457 e. The Morgan fingerprint density at radius 3 is 1.31 bits per heavy atom. The maximum absolute atomic E-state index is 6.04. The van der Waals surface area contributed by atoms with Crippen molar-refractivity contribution >= 4 is 34.7 Å². The number of thiocarbonyl (C=S) groups is 2. The Balaban J connectivity index is 1.25. The molecule has 178 valence electrons. The fraction of sp³-hybridized carbons (Fsp3) is 0.0714. The SMILES string of the molecule is S=C1N[C@@H](c2cccc(Oc3ccccc3)c2)N2C(=S)N[C@H](c3cccc(Oc4ccccc4)c3)N12. The van der Waals surface area contributed by atoms with E-state index in [-0.39, 0.29) is 12.3 Å². The molecule has 8 heteroatoms. The van der Waals surface area contributed by atoms with Crippen molar-refractivity contribution in [1.29, 1.82) is 0 Å². The van der Waals surface area contributed by atoms with Crippen LogP contribution in [0, 0.1) is 0 Å². The molecule has 0 unspecified atom stereocenters. The molecule has 36 heavy (non-hydrogen) atoms. The normalized spacial score (nSPS) is 18.4. The summed E-state index contributed by atoms with van der Waals surface area (Å²) < 4.78 is 12.1. The highest BCUT2D eigenvalue weighted by molar-refractivity contribution is 7.80. The number of hydrogen-bond donors (Lipinski definition) is 2. The van der Waals surface area contributed by atoms with Crippen LogP contribution in [0.25, 0.3) is 0 Å². The molecule has 2 fully saturated rings. The van der Waals surface area contributed by atoms with Gasteiger partial charge in [0.25, 0.3) is 0 Å². The van der Waals surface area contributed by atoms with E-state index < -0.39 is 0 Å². The number of hydrogen-bond acceptors (Lipinski definition) is 4. The molecule has 2 aliphatic rings. The second kappa shape index (κ2) is 9.49. The molecule has 4 aromatic rings. The molecule has 0 aromatic heterocycles. The van der Waals surface area contributed by atoms with E-state index in [1.54, 1.807) is 0 Å². The molecule has 0 bridgehead atoms. The Morgan fingerprint density at radius 2 is 0.889 bits per heavy atom.